The third kappa shape index (κ3) is 2.83. The van der Waals surface area contributed by atoms with Crippen molar-refractivity contribution in [3.63, 3.8) is 0 Å². The molecule has 2 N–H and O–H groups in total. The lowest BCUT2D eigenvalue weighted by Gasteiger charge is -2.07. The van der Waals surface area contributed by atoms with Crippen LogP contribution >= 0.6 is 11.6 Å². The lowest BCUT2D eigenvalue weighted by atomic mass is 10.2. The largest absolute Gasteiger partial charge is 0.505 e. The van der Waals surface area contributed by atoms with E-state index in [-0.39, 0.29) is 16.4 Å². The summed E-state index contributed by atoms with van der Waals surface area (Å²) in [4.78, 5) is 25.8. The first-order chi connectivity index (χ1) is 9.49. The number of aromatic nitrogens is 1. The number of nitro groups is 1. The van der Waals surface area contributed by atoms with Gasteiger partial charge in [-0.2, -0.15) is 0 Å². The summed E-state index contributed by atoms with van der Waals surface area (Å²) in [6, 6.07) is 6.55. The van der Waals surface area contributed by atoms with Crippen LogP contribution in [0.5, 0.6) is 5.75 Å². The summed E-state index contributed by atoms with van der Waals surface area (Å²) in [6.45, 7) is 0. The average Bonchev–Trinajstić information content (AvgIpc) is 2.41. The molecule has 0 fully saturated rings. The summed E-state index contributed by atoms with van der Waals surface area (Å²) in [5.74, 6) is -1.03. The third-order valence-electron chi connectivity index (χ3n) is 2.45. The van der Waals surface area contributed by atoms with Gasteiger partial charge in [0.2, 0.25) is 0 Å². The highest BCUT2D eigenvalue weighted by atomic mass is 35.5. The van der Waals surface area contributed by atoms with Gasteiger partial charge < -0.3 is 10.4 Å². The van der Waals surface area contributed by atoms with Gasteiger partial charge in [0.05, 0.1) is 10.5 Å². The Labute approximate surface area is 118 Å². The Bertz CT molecular complexity index is 673. The molecule has 0 saturated carbocycles. The van der Waals surface area contributed by atoms with Gasteiger partial charge in [-0.3, -0.25) is 14.9 Å². The minimum absolute atomic E-state index is 0.159. The van der Waals surface area contributed by atoms with E-state index in [1.807, 2.05) is 0 Å². The standard InChI is InChI=1S/C12H8ClN3O4/c13-10-5-4-7(6-14-10)12(18)15-11-8(16(19)20)2-1-3-9(11)17/h1-6,17H,(H,15,18). The SMILES string of the molecule is O=C(Nc1c(O)cccc1[N+](=O)[O-])c1ccc(Cl)nc1. The molecule has 20 heavy (non-hydrogen) atoms. The van der Waals surface area contributed by atoms with Crippen LogP contribution in [-0.4, -0.2) is 20.9 Å². The summed E-state index contributed by atoms with van der Waals surface area (Å²) in [7, 11) is 0. The molecule has 1 amide bonds. The number of benzene rings is 1. The van der Waals surface area contributed by atoms with Crippen LogP contribution in [0.1, 0.15) is 10.4 Å². The summed E-state index contributed by atoms with van der Waals surface area (Å²) < 4.78 is 0. The van der Waals surface area contributed by atoms with Crippen LogP contribution in [-0.2, 0) is 0 Å². The number of phenols is 1. The van der Waals surface area contributed by atoms with E-state index in [0.29, 0.717) is 0 Å². The molecule has 0 atom stereocenters. The number of hydrogen-bond acceptors (Lipinski definition) is 5. The zero-order valence-corrected chi connectivity index (χ0v) is 10.7. The van der Waals surface area contributed by atoms with Gasteiger partial charge >= 0.3 is 0 Å². The fraction of sp³-hybridized carbons (Fsp3) is 0. The first-order valence-corrected chi connectivity index (χ1v) is 5.76. The highest BCUT2D eigenvalue weighted by Gasteiger charge is 2.20. The van der Waals surface area contributed by atoms with E-state index in [1.165, 1.54) is 36.5 Å². The van der Waals surface area contributed by atoms with Crippen LogP contribution in [0.3, 0.4) is 0 Å². The first kappa shape index (κ1) is 13.8. The highest BCUT2D eigenvalue weighted by molar-refractivity contribution is 6.29. The van der Waals surface area contributed by atoms with Crippen molar-refractivity contribution in [3.05, 3.63) is 57.4 Å². The fourth-order valence-corrected chi connectivity index (χ4v) is 1.62. The predicted molar refractivity (Wildman–Crippen MR) is 72.0 cm³/mol. The molecule has 0 spiro atoms. The Kier molecular flexibility index (Phi) is 3.81. The van der Waals surface area contributed by atoms with Gasteiger partial charge in [0.25, 0.3) is 11.6 Å². The summed E-state index contributed by atoms with van der Waals surface area (Å²) in [5, 5.41) is 23.0. The van der Waals surface area contributed by atoms with E-state index in [4.69, 9.17) is 11.6 Å². The van der Waals surface area contributed by atoms with Crippen LogP contribution in [0.2, 0.25) is 5.15 Å². The third-order valence-corrected chi connectivity index (χ3v) is 2.67. The van der Waals surface area contributed by atoms with Crippen molar-refractivity contribution in [1.82, 2.24) is 4.98 Å². The smallest absolute Gasteiger partial charge is 0.296 e. The van der Waals surface area contributed by atoms with Gasteiger partial charge in [0.15, 0.2) is 5.69 Å². The minimum Gasteiger partial charge on any atom is -0.505 e. The number of nitrogens with zero attached hydrogens (tertiary/aromatic N) is 2. The number of pyridine rings is 1. The number of para-hydroxylation sites is 1. The zero-order chi connectivity index (χ0) is 14.7. The Balaban J connectivity index is 2.32. The van der Waals surface area contributed by atoms with Crippen molar-refractivity contribution in [2.24, 2.45) is 0 Å². The summed E-state index contributed by atoms with van der Waals surface area (Å²) in [6.07, 6.45) is 1.23. The van der Waals surface area contributed by atoms with Crippen molar-refractivity contribution in [2.45, 2.75) is 0 Å². The molecule has 0 bridgehead atoms. The molecule has 2 rings (SSSR count). The van der Waals surface area contributed by atoms with E-state index in [1.54, 1.807) is 0 Å². The first-order valence-electron chi connectivity index (χ1n) is 5.38. The number of nitrogens with one attached hydrogen (secondary N) is 1. The van der Waals surface area contributed by atoms with Crippen LogP contribution in [0, 0.1) is 10.1 Å². The second-order valence-electron chi connectivity index (χ2n) is 3.75. The van der Waals surface area contributed by atoms with Gasteiger partial charge in [0, 0.05) is 12.3 Å². The lowest BCUT2D eigenvalue weighted by Crippen LogP contribution is -2.13. The van der Waals surface area contributed by atoms with Crippen molar-refractivity contribution >= 4 is 28.9 Å². The zero-order valence-electron chi connectivity index (χ0n) is 9.91. The van der Waals surface area contributed by atoms with E-state index in [9.17, 15) is 20.0 Å². The molecular formula is C12H8ClN3O4. The number of amides is 1. The van der Waals surface area contributed by atoms with Crippen molar-refractivity contribution in [3.8, 4) is 5.75 Å². The van der Waals surface area contributed by atoms with Crippen molar-refractivity contribution in [2.75, 3.05) is 5.32 Å². The van der Waals surface area contributed by atoms with Crippen LogP contribution in [0.4, 0.5) is 11.4 Å². The molecule has 1 aromatic carbocycles. The number of aromatic hydroxyl groups is 1. The molecule has 2 aromatic rings. The number of phenolic OH excluding ortho intramolecular Hbond substituents is 1. The molecule has 0 aliphatic carbocycles. The van der Waals surface area contributed by atoms with E-state index in [0.717, 1.165) is 0 Å². The van der Waals surface area contributed by atoms with Crippen LogP contribution in [0.15, 0.2) is 36.5 Å². The van der Waals surface area contributed by atoms with Gasteiger partial charge in [0.1, 0.15) is 10.9 Å². The maximum atomic E-state index is 11.9. The number of rotatable bonds is 3. The topological polar surface area (TPSA) is 105 Å². The molecule has 0 unspecified atom stereocenters. The van der Waals surface area contributed by atoms with E-state index >= 15 is 0 Å². The molecule has 7 nitrogen and oxygen atoms in total. The number of halogens is 1. The van der Waals surface area contributed by atoms with Gasteiger partial charge in [-0.05, 0) is 18.2 Å². The highest BCUT2D eigenvalue weighted by Crippen LogP contribution is 2.33. The van der Waals surface area contributed by atoms with Gasteiger partial charge in [-0.15, -0.1) is 0 Å². The summed E-state index contributed by atoms with van der Waals surface area (Å²) in [5.41, 5.74) is -0.510. The van der Waals surface area contributed by atoms with Crippen molar-refractivity contribution < 1.29 is 14.8 Å². The predicted octanol–water partition coefficient (Wildman–Crippen LogP) is 2.60. The second kappa shape index (κ2) is 5.54. The molecular weight excluding hydrogens is 286 g/mol. The monoisotopic (exact) mass is 293 g/mol. The van der Waals surface area contributed by atoms with Crippen LogP contribution < -0.4 is 5.32 Å². The van der Waals surface area contributed by atoms with Crippen molar-refractivity contribution in [1.29, 1.82) is 0 Å². The average molecular weight is 294 g/mol. The molecule has 1 aromatic heterocycles. The number of carbonyl (C=O) groups is 1. The normalized spacial score (nSPS) is 10.1. The molecule has 0 aliphatic heterocycles. The van der Waals surface area contributed by atoms with E-state index in [2.05, 4.69) is 10.3 Å². The van der Waals surface area contributed by atoms with Crippen LogP contribution in [0.25, 0.3) is 0 Å². The van der Waals surface area contributed by atoms with E-state index < -0.39 is 22.3 Å². The minimum atomic E-state index is -0.699. The number of hydrogen-bond donors (Lipinski definition) is 2. The molecule has 1 heterocycles. The second-order valence-corrected chi connectivity index (χ2v) is 4.14. The summed E-state index contributed by atoms with van der Waals surface area (Å²) >= 11 is 5.60. The Hall–Kier alpha value is -2.67. The maximum absolute atomic E-state index is 11.9. The maximum Gasteiger partial charge on any atom is 0.296 e. The van der Waals surface area contributed by atoms with Gasteiger partial charge in [-0.1, -0.05) is 17.7 Å². The number of nitro benzene ring substituents is 1. The number of carbonyl (C=O) groups excluding carboxylic acids is 1. The Morgan fingerprint density at radius 3 is 2.70 bits per heavy atom. The number of anilines is 1. The molecule has 0 radical (unpaired) electrons. The molecule has 102 valence electrons. The van der Waals surface area contributed by atoms with Gasteiger partial charge in [-0.25, -0.2) is 4.98 Å². The molecule has 0 saturated heterocycles. The molecule has 0 aliphatic rings. The fourth-order valence-electron chi connectivity index (χ4n) is 1.50. The Morgan fingerprint density at radius 1 is 1.35 bits per heavy atom. The lowest BCUT2D eigenvalue weighted by molar-refractivity contribution is -0.384. The molecule has 8 heteroatoms. The quantitative estimate of drug-likeness (QED) is 0.391. The Morgan fingerprint density at radius 2 is 2.10 bits per heavy atom.